The Bertz CT molecular complexity index is 658. The Balaban J connectivity index is 1.94. The molecule has 0 atom stereocenters. The minimum atomic E-state index is -0.294. The van der Waals surface area contributed by atoms with Crippen molar-refractivity contribution in [2.75, 3.05) is 19.5 Å². The van der Waals surface area contributed by atoms with Gasteiger partial charge < -0.3 is 14.8 Å². The average molecular weight is 303 g/mol. The average Bonchev–Trinajstić information content (AvgIpc) is 2.53. The predicted octanol–water partition coefficient (Wildman–Crippen LogP) is 3.41. The third kappa shape index (κ3) is 4.22. The van der Waals surface area contributed by atoms with E-state index >= 15 is 0 Å². The Morgan fingerprint density at radius 2 is 1.86 bits per heavy atom. The highest BCUT2D eigenvalue weighted by molar-refractivity contribution is 5.91. The van der Waals surface area contributed by atoms with E-state index in [-0.39, 0.29) is 18.1 Å². The van der Waals surface area contributed by atoms with Crippen molar-refractivity contribution in [3.8, 4) is 11.5 Å². The molecule has 0 fully saturated rings. The molecule has 0 unspecified atom stereocenters. The zero-order valence-electron chi connectivity index (χ0n) is 12.6. The van der Waals surface area contributed by atoms with Gasteiger partial charge in [0.05, 0.1) is 14.2 Å². The van der Waals surface area contributed by atoms with E-state index in [0.717, 1.165) is 5.56 Å². The van der Waals surface area contributed by atoms with Crippen LogP contribution < -0.4 is 14.8 Å². The Hall–Kier alpha value is -2.56. The maximum absolute atomic E-state index is 13.1. The van der Waals surface area contributed by atoms with Gasteiger partial charge in [-0.2, -0.15) is 0 Å². The first kappa shape index (κ1) is 15.8. The van der Waals surface area contributed by atoms with Crippen molar-refractivity contribution in [1.82, 2.24) is 0 Å². The first-order chi connectivity index (χ1) is 10.6. The van der Waals surface area contributed by atoms with E-state index < -0.39 is 0 Å². The number of nitrogens with one attached hydrogen (secondary N) is 1. The van der Waals surface area contributed by atoms with Crippen LogP contribution in [0.15, 0.2) is 42.5 Å². The summed E-state index contributed by atoms with van der Waals surface area (Å²) in [6.07, 6.45) is 0.759. The molecule has 22 heavy (non-hydrogen) atoms. The fourth-order valence-corrected chi connectivity index (χ4v) is 2.09. The summed E-state index contributed by atoms with van der Waals surface area (Å²) in [6, 6.07) is 11.4. The minimum Gasteiger partial charge on any atom is -0.493 e. The van der Waals surface area contributed by atoms with E-state index in [9.17, 15) is 9.18 Å². The number of benzene rings is 2. The van der Waals surface area contributed by atoms with Crippen molar-refractivity contribution in [2.45, 2.75) is 12.8 Å². The molecular formula is C17H18FNO3. The van der Waals surface area contributed by atoms with Crippen molar-refractivity contribution < 1.29 is 18.7 Å². The van der Waals surface area contributed by atoms with Crippen LogP contribution in [0, 0.1) is 5.82 Å². The summed E-state index contributed by atoms with van der Waals surface area (Å²) in [5.41, 5.74) is 1.42. The second kappa shape index (κ2) is 7.45. The molecule has 0 saturated carbocycles. The van der Waals surface area contributed by atoms with Crippen LogP contribution >= 0.6 is 0 Å². The Kier molecular flexibility index (Phi) is 5.36. The third-order valence-electron chi connectivity index (χ3n) is 3.20. The lowest BCUT2D eigenvalue weighted by Crippen LogP contribution is -2.12. The number of halogens is 1. The van der Waals surface area contributed by atoms with E-state index in [1.165, 1.54) is 19.2 Å². The van der Waals surface area contributed by atoms with Crippen molar-refractivity contribution in [2.24, 2.45) is 0 Å². The van der Waals surface area contributed by atoms with Crippen molar-refractivity contribution in [3.05, 3.63) is 53.8 Å². The van der Waals surface area contributed by atoms with Crippen molar-refractivity contribution in [1.29, 1.82) is 0 Å². The van der Waals surface area contributed by atoms with Gasteiger partial charge in [0.1, 0.15) is 5.82 Å². The molecule has 0 saturated heterocycles. The van der Waals surface area contributed by atoms with Gasteiger partial charge in [0, 0.05) is 18.2 Å². The van der Waals surface area contributed by atoms with E-state index in [1.54, 1.807) is 37.4 Å². The van der Waals surface area contributed by atoms with Crippen LogP contribution in [0.4, 0.5) is 10.1 Å². The number of anilines is 1. The second-order valence-corrected chi connectivity index (χ2v) is 4.75. The van der Waals surface area contributed by atoms with Crippen LogP contribution in [0.25, 0.3) is 0 Å². The predicted molar refractivity (Wildman–Crippen MR) is 82.9 cm³/mol. The topological polar surface area (TPSA) is 47.6 Å². The lowest BCUT2D eigenvalue weighted by atomic mass is 10.1. The molecule has 0 aliphatic rings. The molecule has 116 valence electrons. The number of amides is 1. The Morgan fingerprint density at radius 1 is 1.09 bits per heavy atom. The highest BCUT2D eigenvalue weighted by Gasteiger charge is 2.08. The third-order valence-corrected chi connectivity index (χ3v) is 3.20. The molecule has 0 radical (unpaired) electrons. The summed E-state index contributed by atoms with van der Waals surface area (Å²) in [7, 11) is 3.09. The maximum atomic E-state index is 13.1. The molecule has 2 aromatic carbocycles. The highest BCUT2D eigenvalue weighted by Crippen LogP contribution is 2.29. The minimum absolute atomic E-state index is 0.142. The number of methoxy groups -OCH3 is 2. The van der Waals surface area contributed by atoms with E-state index in [1.807, 2.05) is 0 Å². The summed E-state index contributed by atoms with van der Waals surface area (Å²) in [5.74, 6) is 0.708. The number of ether oxygens (including phenoxy) is 2. The summed E-state index contributed by atoms with van der Waals surface area (Å²) in [4.78, 5) is 11.9. The maximum Gasteiger partial charge on any atom is 0.224 e. The van der Waals surface area contributed by atoms with Gasteiger partial charge in [0.25, 0.3) is 0 Å². The van der Waals surface area contributed by atoms with Gasteiger partial charge in [-0.25, -0.2) is 4.39 Å². The number of carbonyl (C=O) groups is 1. The molecule has 4 nitrogen and oxygen atoms in total. The smallest absolute Gasteiger partial charge is 0.224 e. The van der Waals surface area contributed by atoms with Gasteiger partial charge in [-0.1, -0.05) is 12.1 Å². The Labute approximate surface area is 128 Å². The molecule has 1 N–H and O–H groups in total. The molecule has 0 bridgehead atoms. The molecule has 0 aliphatic heterocycles. The fraction of sp³-hybridized carbons (Fsp3) is 0.235. The van der Waals surface area contributed by atoms with Gasteiger partial charge >= 0.3 is 0 Å². The highest BCUT2D eigenvalue weighted by atomic mass is 19.1. The number of rotatable bonds is 6. The van der Waals surface area contributed by atoms with E-state index in [0.29, 0.717) is 23.6 Å². The first-order valence-electron chi connectivity index (χ1n) is 6.88. The lowest BCUT2D eigenvalue weighted by Gasteiger charge is -2.10. The number of hydrogen-bond donors (Lipinski definition) is 1. The van der Waals surface area contributed by atoms with Crippen LogP contribution in [-0.4, -0.2) is 20.1 Å². The van der Waals surface area contributed by atoms with Crippen LogP contribution in [-0.2, 0) is 11.2 Å². The molecule has 0 spiro atoms. The fourth-order valence-electron chi connectivity index (χ4n) is 2.09. The molecular weight excluding hydrogens is 285 g/mol. The molecule has 5 heteroatoms. The molecule has 0 heterocycles. The monoisotopic (exact) mass is 303 g/mol. The van der Waals surface area contributed by atoms with Gasteiger partial charge in [-0.3, -0.25) is 4.79 Å². The summed E-state index contributed by atoms with van der Waals surface area (Å²) >= 11 is 0. The molecule has 1 amide bonds. The first-order valence-corrected chi connectivity index (χ1v) is 6.88. The van der Waals surface area contributed by atoms with Crippen LogP contribution in [0.1, 0.15) is 12.0 Å². The molecule has 0 aromatic heterocycles. The van der Waals surface area contributed by atoms with Gasteiger partial charge in [0.15, 0.2) is 11.5 Å². The van der Waals surface area contributed by atoms with Gasteiger partial charge in [-0.05, 0) is 36.2 Å². The molecule has 2 rings (SSSR count). The van der Waals surface area contributed by atoms with Crippen LogP contribution in [0.5, 0.6) is 11.5 Å². The number of aryl methyl sites for hydroxylation is 1. The Morgan fingerprint density at radius 3 is 2.55 bits per heavy atom. The molecule has 2 aromatic rings. The van der Waals surface area contributed by atoms with E-state index in [4.69, 9.17) is 9.47 Å². The van der Waals surface area contributed by atoms with Crippen LogP contribution in [0.2, 0.25) is 0 Å². The quantitative estimate of drug-likeness (QED) is 0.889. The van der Waals surface area contributed by atoms with Gasteiger partial charge in [0.2, 0.25) is 5.91 Å². The zero-order chi connectivity index (χ0) is 15.9. The van der Waals surface area contributed by atoms with Gasteiger partial charge in [-0.15, -0.1) is 0 Å². The van der Waals surface area contributed by atoms with Crippen molar-refractivity contribution in [3.63, 3.8) is 0 Å². The standard InChI is InChI=1S/C17H18FNO3/c1-21-15-8-7-14(11-16(15)22-2)19-17(20)9-6-12-4-3-5-13(18)10-12/h3-5,7-8,10-11H,6,9H2,1-2H3,(H,19,20). The SMILES string of the molecule is COc1ccc(NC(=O)CCc2cccc(F)c2)cc1OC. The zero-order valence-corrected chi connectivity index (χ0v) is 12.6. The summed E-state index contributed by atoms with van der Waals surface area (Å²) in [6.45, 7) is 0. The number of carbonyl (C=O) groups excluding carboxylic acids is 1. The normalized spacial score (nSPS) is 10.1. The lowest BCUT2D eigenvalue weighted by molar-refractivity contribution is -0.116. The summed E-state index contributed by atoms with van der Waals surface area (Å²) in [5, 5.41) is 2.78. The largest absolute Gasteiger partial charge is 0.493 e. The van der Waals surface area contributed by atoms with Crippen LogP contribution in [0.3, 0.4) is 0 Å². The number of hydrogen-bond acceptors (Lipinski definition) is 3. The summed E-state index contributed by atoms with van der Waals surface area (Å²) < 4.78 is 23.4. The van der Waals surface area contributed by atoms with E-state index in [2.05, 4.69) is 5.32 Å². The second-order valence-electron chi connectivity index (χ2n) is 4.75. The molecule has 0 aliphatic carbocycles. The van der Waals surface area contributed by atoms with Crippen molar-refractivity contribution >= 4 is 11.6 Å².